The van der Waals surface area contributed by atoms with Gasteiger partial charge in [0.15, 0.2) is 0 Å². The molecule has 2 aliphatic carbocycles. The molecular weight excluding hydrogens is 416 g/mol. The average molecular weight is 443 g/mol. The summed E-state index contributed by atoms with van der Waals surface area (Å²) in [5.41, 5.74) is 4.38. The molecule has 4 heterocycles. The highest BCUT2D eigenvalue weighted by atomic mass is 16.5. The largest absolute Gasteiger partial charge is 0.493 e. The molecule has 2 aliphatic heterocycles. The summed E-state index contributed by atoms with van der Waals surface area (Å²) in [7, 11) is 0. The van der Waals surface area contributed by atoms with Crippen LogP contribution in [0.5, 0.6) is 5.75 Å². The van der Waals surface area contributed by atoms with Crippen molar-refractivity contribution in [2.75, 3.05) is 19.7 Å². The Balaban J connectivity index is 1.20. The number of nitrogens with zero attached hydrogens (tertiary/aromatic N) is 4. The Morgan fingerprint density at radius 1 is 1.15 bits per heavy atom. The third kappa shape index (κ3) is 2.84. The maximum Gasteiger partial charge on any atom is 0.275 e. The van der Waals surface area contributed by atoms with Gasteiger partial charge in [-0.25, -0.2) is 4.98 Å². The Labute approximate surface area is 191 Å². The van der Waals surface area contributed by atoms with Gasteiger partial charge in [-0.3, -0.25) is 9.59 Å². The zero-order chi connectivity index (χ0) is 22.3. The lowest BCUT2D eigenvalue weighted by Gasteiger charge is -2.35. The summed E-state index contributed by atoms with van der Waals surface area (Å²) in [6.07, 6.45) is 7.07. The van der Waals surface area contributed by atoms with Crippen LogP contribution in [0.25, 0.3) is 5.69 Å². The summed E-state index contributed by atoms with van der Waals surface area (Å²) in [5.74, 6) is 2.08. The Morgan fingerprint density at radius 3 is 2.82 bits per heavy atom. The van der Waals surface area contributed by atoms with Crippen molar-refractivity contribution in [3.63, 3.8) is 0 Å². The van der Waals surface area contributed by atoms with Gasteiger partial charge in [-0.05, 0) is 55.9 Å². The van der Waals surface area contributed by atoms with Gasteiger partial charge < -0.3 is 18.8 Å². The van der Waals surface area contributed by atoms with Gasteiger partial charge in [0.25, 0.3) is 11.5 Å². The molecule has 1 amide bonds. The molecule has 0 saturated heterocycles. The van der Waals surface area contributed by atoms with Crippen LogP contribution in [-0.2, 0) is 12.0 Å². The Hall–Kier alpha value is -3.35. The number of carbonyl (C=O) groups is 1. The second-order valence-corrected chi connectivity index (χ2v) is 10.1. The third-order valence-corrected chi connectivity index (χ3v) is 7.98. The fourth-order valence-corrected chi connectivity index (χ4v) is 5.83. The average Bonchev–Trinajstić information content (AvgIpc) is 3.73. The smallest absolute Gasteiger partial charge is 0.275 e. The summed E-state index contributed by atoms with van der Waals surface area (Å²) in [4.78, 5) is 32.8. The highest BCUT2D eigenvalue weighted by Crippen LogP contribution is 2.60. The second kappa shape index (κ2) is 6.59. The molecule has 2 fully saturated rings. The van der Waals surface area contributed by atoms with Gasteiger partial charge in [0.2, 0.25) is 0 Å². The number of pyridine rings is 1. The van der Waals surface area contributed by atoms with E-state index in [2.05, 4.69) is 23.2 Å². The maximum atomic E-state index is 13.5. The van der Waals surface area contributed by atoms with Crippen LogP contribution in [0.15, 0.2) is 47.7 Å². The Bertz CT molecular complexity index is 1370. The van der Waals surface area contributed by atoms with Crippen LogP contribution in [0.4, 0.5) is 0 Å². The minimum Gasteiger partial charge on any atom is -0.493 e. The number of aromatic nitrogens is 3. The van der Waals surface area contributed by atoms with E-state index in [0.717, 1.165) is 24.5 Å². The first kappa shape index (κ1) is 19.1. The van der Waals surface area contributed by atoms with Crippen molar-refractivity contribution in [2.45, 2.75) is 44.1 Å². The quantitative estimate of drug-likeness (QED) is 0.623. The molecule has 168 valence electrons. The molecule has 2 unspecified atom stereocenters. The van der Waals surface area contributed by atoms with Crippen LogP contribution in [0, 0.1) is 12.8 Å². The summed E-state index contributed by atoms with van der Waals surface area (Å²) < 4.78 is 9.39. The molecule has 2 atom stereocenters. The normalized spacial score (nSPS) is 25.2. The van der Waals surface area contributed by atoms with Gasteiger partial charge in [0.05, 0.1) is 18.6 Å². The second-order valence-electron chi connectivity index (χ2n) is 10.1. The molecule has 0 spiro atoms. The first-order valence-electron chi connectivity index (χ1n) is 11.8. The van der Waals surface area contributed by atoms with Crippen molar-refractivity contribution in [3.8, 4) is 11.4 Å². The Kier molecular flexibility index (Phi) is 3.82. The Morgan fingerprint density at radius 2 is 2.03 bits per heavy atom. The van der Waals surface area contributed by atoms with Crippen molar-refractivity contribution in [3.05, 3.63) is 75.7 Å². The first-order chi connectivity index (χ1) is 16.0. The SMILES string of the molecule is Cc1cn(-c2ccc3n(c2=O)CCN(CC24CC2COc2ccc(C5CC5)cc24)C3=O)cn1. The molecule has 3 aromatic rings. The number of fused-ring (bicyclic) bond motifs is 4. The van der Waals surface area contributed by atoms with E-state index in [1.807, 2.05) is 18.0 Å². The van der Waals surface area contributed by atoms with E-state index in [9.17, 15) is 9.59 Å². The minimum absolute atomic E-state index is 0.00904. The van der Waals surface area contributed by atoms with E-state index >= 15 is 0 Å². The monoisotopic (exact) mass is 442 g/mol. The molecule has 0 bridgehead atoms. The molecule has 7 rings (SSSR count). The number of ether oxygens (including phenoxy) is 1. The molecule has 4 aliphatic rings. The molecule has 2 aromatic heterocycles. The lowest BCUT2D eigenvalue weighted by molar-refractivity contribution is 0.0670. The summed E-state index contributed by atoms with van der Waals surface area (Å²) in [6, 6.07) is 10.2. The molecule has 33 heavy (non-hydrogen) atoms. The van der Waals surface area contributed by atoms with E-state index in [1.54, 1.807) is 27.6 Å². The van der Waals surface area contributed by atoms with Gasteiger partial charge in [-0.15, -0.1) is 0 Å². The predicted octanol–water partition coefficient (Wildman–Crippen LogP) is 3.03. The molecule has 0 radical (unpaired) electrons. The first-order valence-corrected chi connectivity index (χ1v) is 11.8. The molecular formula is C26H26N4O3. The number of benzene rings is 1. The fourth-order valence-electron chi connectivity index (χ4n) is 5.83. The summed E-state index contributed by atoms with van der Waals surface area (Å²) >= 11 is 0. The van der Waals surface area contributed by atoms with Crippen LogP contribution in [0.1, 0.15) is 52.5 Å². The van der Waals surface area contributed by atoms with Crippen LogP contribution in [0.2, 0.25) is 0 Å². The zero-order valence-corrected chi connectivity index (χ0v) is 18.7. The lowest BCUT2D eigenvalue weighted by Crippen LogP contribution is -2.48. The van der Waals surface area contributed by atoms with E-state index in [0.29, 0.717) is 42.9 Å². The number of amides is 1. The third-order valence-electron chi connectivity index (χ3n) is 7.98. The molecule has 2 saturated carbocycles. The summed E-state index contributed by atoms with van der Waals surface area (Å²) in [5, 5.41) is 0. The van der Waals surface area contributed by atoms with Gasteiger partial charge in [0, 0.05) is 42.7 Å². The predicted molar refractivity (Wildman–Crippen MR) is 122 cm³/mol. The number of rotatable bonds is 4. The van der Waals surface area contributed by atoms with E-state index in [-0.39, 0.29) is 16.9 Å². The fraction of sp³-hybridized carbons (Fsp3) is 0.423. The molecule has 7 heteroatoms. The molecule has 1 aromatic carbocycles. The maximum absolute atomic E-state index is 13.5. The van der Waals surface area contributed by atoms with Crippen molar-refractivity contribution < 1.29 is 9.53 Å². The van der Waals surface area contributed by atoms with Crippen molar-refractivity contribution in [1.29, 1.82) is 0 Å². The van der Waals surface area contributed by atoms with Crippen LogP contribution < -0.4 is 10.3 Å². The van der Waals surface area contributed by atoms with Crippen molar-refractivity contribution in [1.82, 2.24) is 19.0 Å². The molecule has 7 nitrogen and oxygen atoms in total. The lowest BCUT2D eigenvalue weighted by atomic mass is 9.88. The van der Waals surface area contributed by atoms with Crippen LogP contribution >= 0.6 is 0 Å². The number of aryl methyl sites for hydroxylation is 1. The highest BCUT2D eigenvalue weighted by molar-refractivity contribution is 5.93. The van der Waals surface area contributed by atoms with E-state index < -0.39 is 0 Å². The zero-order valence-electron chi connectivity index (χ0n) is 18.7. The number of hydrogen-bond acceptors (Lipinski definition) is 4. The van der Waals surface area contributed by atoms with Gasteiger partial charge >= 0.3 is 0 Å². The highest BCUT2D eigenvalue weighted by Gasteiger charge is 2.60. The number of imidazole rings is 1. The number of hydrogen-bond donors (Lipinski definition) is 0. The van der Waals surface area contributed by atoms with Crippen LogP contribution in [-0.4, -0.2) is 44.6 Å². The molecule has 0 N–H and O–H groups in total. The summed E-state index contributed by atoms with van der Waals surface area (Å²) in [6.45, 7) is 4.36. The van der Waals surface area contributed by atoms with Crippen molar-refractivity contribution >= 4 is 5.91 Å². The minimum atomic E-state index is -0.147. The van der Waals surface area contributed by atoms with Gasteiger partial charge in [0.1, 0.15) is 17.1 Å². The van der Waals surface area contributed by atoms with E-state index in [1.165, 1.54) is 24.0 Å². The topological polar surface area (TPSA) is 69.4 Å². The van der Waals surface area contributed by atoms with Gasteiger partial charge in [-0.2, -0.15) is 0 Å². The van der Waals surface area contributed by atoms with Crippen LogP contribution in [0.3, 0.4) is 0 Å². The van der Waals surface area contributed by atoms with Gasteiger partial charge in [-0.1, -0.05) is 12.1 Å². The van der Waals surface area contributed by atoms with E-state index in [4.69, 9.17) is 4.74 Å². The number of carbonyl (C=O) groups excluding carboxylic acids is 1. The standard InChI is InChI=1S/C26H26N4O3/c1-16-12-29(15-27-16)21-5-6-22-24(31)28(8-9-30(22)25(21)32)14-26-11-19(26)13-33-23-7-4-18(10-20(23)26)17-2-3-17/h4-7,10,12,15,17,19H,2-3,8-9,11,13-14H2,1H3. The van der Waals surface area contributed by atoms with Crippen molar-refractivity contribution in [2.24, 2.45) is 5.92 Å².